The zero-order valence-electron chi connectivity index (χ0n) is 18.2. The zero-order valence-corrected chi connectivity index (χ0v) is 18.2. The van der Waals surface area contributed by atoms with Gasteiger partial charge in [-0.2, -0.15) is 0 Å². The number of nitrogens with zero attached hydrogens (tertiary/aromatic N) is 4. The largest absolute Gasteiger partial charge is 0.497 e. The first kappa shape index (κ1) is 20.5. The van der Waals surface area contributed by atoms with Crippen LogP contribution in [-0.4, -0.2) is 27.7 Å². The van der Waals surface area contributed by atoms with E-state index in [9.17, 15) is 9.90 Å². The third-order valence-electron chi connectivity index (χ3n) is 5.24. The summed E-state index contributed by atoms with van der Waals surface area (Å²) in [7, 11) is 1.57. The Kier molecular flexibility index (Phi) is 5.19. The molecule has 1 amide bonds. The molecule has 4 rings (SSSR count). The van der Waals surface area contributed by atoms with Crippen LogP contribution >= 0.6 is 0 Å². The lowest BCUT2D eigenvalue weighted by Gasteiger charge is -2.10. The van der Waals surface area contributed by atoms with Crippen LogP contribution in [0.5, 0.6) is 11.6 Å². The number of aromatic hydroxyl groups is 1. The lowest BCUT2D eigenvalue weighted by atomic mass is 10.1. The number of carbonyl (C=O) groups is 1. The van der Waals surface area contributed by atoms with Gasteiger partial charge in [-0.25, -0.2) is 0 Å². The molecule has 0 aliphatic rings. The van der Waals surface area contributed by atoms with Crippen molar-refractivity contribution in [1.82, 2.24) is 9.55 Å². The molecule has 31 heavy (non-hydrogen) atoms. The number of amides is 1. The van der Waals surface area contributed by atoms with Crippen LogP contribution < -0.4 is 4.74 Å². The lowest BCUT2D eigenvalue weighted by molar-refractivity contribution is 0.0996. The maximum absolute atomic E-state index is 13.0. The second-order valence-corrected chi connectivity index (χ2v) is 7.86. The van der Waals surface area contributed by atoms with Gasteiger partial charge in [-0.15, -0.1) is 10.2 Å². The van der Waals surface area contributed by atoms with Gasteiger partial charge in [-0.1, -0.05) is 11.6 Å². The van der Waals surface area contributed by atoms with Crippen LogP contribution in [0, 0.1) is 13.8 Å². The fourth-order valence-electron chi connectivity index (χ4n) is 3.81. The maximum Gasteiger partial charge on any atom is 0.296 e. The molecule has 158 valence electrons. The summed E-state index contributed by atoms with van der Waals surface area (Å²) < 4.78 is 7.07. The van der Waals surface area contributed by atoms with E-state index >= 15 is 0 Å². The quantitative estimate of drug-likeness (QED) is 0.412. The molecule has 0 radical (unpaired) electrons. The van der Waals surface area contributed by atoms with E-state index in [-0.39, 0.29) is 17.6 Å². The molecule has 0 fully saturated rings. The number of hydrogen-bond donors (Lipinski definition) is 1. The topological polar surface area (TPSA) is 89.1 Å². The lowest BCUT2D eigenvalue weighted by Crippen LogP contribution is -1.99. The number of ether oxygens (including phenoxy) is 1. The van der Waals surface area contributed by atoms with Gasteiger partial charge in [-0.05, 0) is 64.1 Å². The molecule has 7 nitrogen and oxygen atoms in total. The summed E-state index contributed by atoms with van der Waals surface area (Å²) in [4.78, 5) is 17.5. The molecule has 1 N–H and O–H groups in total. The predicted octanol–water partition coefficient (Wildman–Crippen LogP) is 6.03. The van der Waals surface area contributed by atoms with E-state index in [0.717, 1.165) is 27.7 Å². The smallest absolute Gasteiger partial charge is 0.296 e. The summed E-state index contributed by atoms with van der Waals surface area (Å²) >= 11 is 0. The van der Waals surface area contributed by atoms with Gasteiger partial charge in [0.05, 0.1) is 23.7 Å². The number of rotatable bonds is 4. The first-order chi connectivity index (χ1) is 14.8. The van der Waals surface area contributed by atoms with Crippen molar-refractivity contribution in [3.63, 3.8) is 0 Å². The molecule has 0 aliphatic heterocycles. The van der Waals surface area contributed by atoms with Crippen molar-refractivity contribution >= 4 is 33.4 Å². The number of aromatic nitrogens is 2. The molecule has 2 aromatic heterocycles. The molecule has 0 aliphatic carbocycles. The Morgan fingerprint density at radius 2 is 1.87 bits per heavy atom. The van der Waals surface area contributed by atoms with Crippen LogP contribution in [0.15, 0.2) is 52.7 Å². The number of pyridine rings is 1. The standard InChI is InChI=1S/C24H24N4O3/c1-13(2)28-21-9-7-16(31-5)12-19(21)22(24(28)30)26-27-23(29)18-11-15(4)25-20-8-6-14(3)10-17(18)20/h6-13,30H,1-5H3. The highest BCUT2D eigenvalue weighted by molar-refractivity contribution is 6.07. The van der Waals surface area contributed by atoms with Crippen molar-refractivity contribution < 1.29 is 14.6 Å². The highest BCUT2D eigenvalue weighted by Gasteiger charge is 2.20. The molecule has 0 bridgehead atoms. The first-order valence-corrected chi connectivity index (χ1v) is 10.0. The Bertz CT molecular complexity index is 1350. The fraction of sp³-hybridized carbons (Fsp3) is 0.250. The summed E-state index contributed by atoms with van der Waals surface area (Å²) in [5.74, 6) is 0.0951. The van der Waals surface area contributed by atoms with Gasteiger partial charge in [0.25, 0.3) is 5.91 Å². The Hall–Kier alpha value is -3.74. The molecule has 4 aromatic rings. The number of hydrogen-bond acceptors (Lipinski definition) is 5. The zero-order chi connectivity index (χ0) is 22.3. The summed E-state index contributed by atoms with van der Waals surface area (Å²) in [6.45, 7) is 7.72. The van der Waals surface area contributed by atoms with E-state index in [4.69, 9.17) is 4.74 Å². The molecule has 7 heteroatoms. The van der Waals surface area contributed by atoms with Gasteiger partial charge in [0, 0.05) is 22.5 Å². The van der Waals surface area contributed by atoms with Gasteiger partial charge in [0.2, 0.25) is 5.88 Å². The molecule has 2 aromatic carbocycles. The highest BCUT2D eigenvalue weighted by atomic mass is 16.5. The van der Waals surface area contributed by atoms with Crippen molar-refractivity contribution in [3.8, 4) is 11.6 Å². The molecule has 0 atom stereocenters. The van der Waals surface area contributed by atoms with Crippen LogP contribution in [0.1, 0.15) is 41.5 Å². The van der Waals surface area contributed by atoms with Crippen molar-refractivity contribution in [1.29, 1.82) is 0 Å². The van der Waals surface area contributed by atoms with Crippen molar-refractivity contribution in [2.45, 2.75) is 33.7 Å². The molecular weight excluding hydrogens is 392 g/mol. The predicted molar refractivity (Wildman–Crippen MR) is 121 cm³/mol. The van der Waals surface area contributed by atoms with E-state index in [2.05, 4.69) is 15.2 Å². The number of azo groups is 1. The number of benzene rings is 2. The van der Waals surface area contributed by atoms with Gasteiger partial charge in [0.15, 0.2) is 5.69 Å². The summed E-state index contributed by atoms with van der Waals surface area (Å²) in [6.07, 6.45) is 0. The third-order valence-corrected chi connectivity index (χ3v) is 5.24. The van der Waals surface area contributed by atoms with Crippen LogP contribution in [0.4, 0.5) is 5.69 Å². The van der Waals surface area contributed by atoms with Gasteiger partial charge in [-0.3, -0.25) is 9.78 Å². The van der Waals surface area contributed by atoms with Crippen molar-refractivity contribution in [3.05, 3.63) is 59.3 Å². The number of methoxy groups -OCH3 is 1. The van der Waals surface area contributed by atoms with Crippen LogP contribution in [0.3, 0.4) is 0 Å². The average Bonchev–Trinajstić information content (AvgIpc) is 3.02. The Morgan fingerprint density at radius 3 is 2.58 bits per heavy atom. The van der Waals surface area contributed by atoms with E-state index in [1.54, 1.807) is 23.8 Å². The molecule has 0 unspecified atom stereocenters. The summed E-state index contributed by atoms with van der Waals surface area (Å²) in [6, 6.07) is 12.9. The van der Waals surface area contributed by atoms with Gasteiger partial charge < -0.3 is 14.4 Å². The van der Waals surface area contributed by atoms with Crippen molar-refractivity contribution in [2.24, 2.45) is 10.2 Å². The third kappa shape index (κ3) is 3.63. The minimum Gasteiger partial charge on any atom is -0.497 e. The van der Waals surface area contributed by atoms with Crippen molar-refractivity contribution in [2.75, 3.05) is 7.11 Å². The molecule has 2 heterocycles. The highest BCUT2D eigenvalue weighted by Crippen LogP contribution is 2.42. The minimum atomic E-state index is -0.492. The SMILES string of the molecule is COc1ccc2c(c1)c(N=NC(=O)c1cc(C)nc3ccc(C)cc13)c(O)n2C(C)C. The van der Waals surface area contributed by atoms with Gasteiger partial charge in [0.1, 0.15) is 5.75 Å². The Morgan fingerprint density at radius 1 is 1.10 bits per heavy atom. The first-order valence-electron chi connectivity index (χ1n) is 10.0. The molecule has 0 saturated carbocycles. The summed E-state index contributed by atoms with van der Waals surface area (Å²) in [5, 5.41) is 20.4. The van der Waals surface area contributed by atoms with E-state index < -0.39 is 5.91 Å². The number of aryl methyl sites for hydroxylation is 2. The fourth-order valence-corrected chi connectivity index (χ4v) is 3.81. The number of fused-ring (bicyclic) bond motifs is 2. The second kappa shape index (κ2) is 7.83. The molecular formula is C24H24N4O3. The van der Waals surface area contributed by atoms with Crippen LogP contribution in [-0.2, 0) is 0 Å². The minimum absolute atomic E-state index is 0.00897. The van der Waals surface area contributed by atoms with E-state index in [1.807, 2.05) is 58.0 Å². The average molecular weight is 416 g/mol. The summed E-state index contributed by atoms with van der Waals surface area (Å²) in [5.41, 5.74) is 3.93. The Balaban J connectivity index is 1.84. The molecule has 0 saturated heterocycles. The molecule has 0 spiro atoms. The maximum atomic E-state index is 13.0. The van der Waals surface area contributed by atoms with E-state index in [0.29, 0.717) is 16.7 Å². The number of carbonyl (C=O) groups excluding carboxylic acids is 1. The Labute approximate surface area is 180 Å². The van der Waals surface area contributed by atoms with E-state index in [1.165, 1.54) is 0 Å². The van der Waals surface area contributed by atoms with Gasteiger partial charge >= 0.3 is 0 Å². The normalized spacial score (nSPS) is 11.8. The monoisotopic (exact) mass is 416 g/mol. The second-order valence-electron chi connectivity index (χ2n) is 7.86. The van der Waals surface area contributed by atoms with Crippen LogP contribution in [0.2, 0.25) is 0 Å². The van der Waals surface area contributed by atoms with Crippen LogP contribution in [0.25, 0.3) is 21.8 Å².